The van der Waals surface area contributed by atoms with E-state index in [-0.39, 0.29) is 17.4 Å². The molecule has 0 aliphatic heterocycles. The van der Waals surface area contributed by atoms with Crippen molar-refractivity contribution in [3.8, 4) is 0 Å². The van der Waals surface area contributed by atoms with Crippen molar-refractivity contribution < 1.29 is 4.79 Å². The molecule has 0 heterocycles. The Morgan fingerprint density at radius 1 is 0.962 bits per heavy atom. The van der Waals surface area contributed by atoms with Gasteiger partial charge in [-0.05, 0) is 72.9 Å². The summed E-state index contributed by atoms with van der Waals surface area (Å²) < 4.78 is 0. The van der Waals surface area contributed by atoms with Crippen LogP contribution >= 0.6 is 0 Å². The number of carbonyl (C=O) groups excluding carboxylic acids is 1. The molecule has 0 bridgehead atoms. The lowest BCUT2D eigenvalue weighted by Crippen LogP contribution is -2.27. The first-order valence-corrected chi connectivity index (χ1v) is 9.54. The second kappa shape index (κ2) is 8.07. The Balaban J connectivity index is 1.93. The summed E-state index contributed by atoms with van der Waals surface area (Å²) >= 11 is 0. The average molecular weight is 352 g/mol. The van der Waals surface area contributed by atoms with E-state index in [1.54, 1.807) is 0 Å². The SMILES string of the molecule is Cc1cc(C)c([C@@H](C)NC(=O)CCc2ccc(C(C)(C)C)cc2)cc1C. The number of benzene rings is 2. The number of carbonyl (C=O) groups is 1. The standard InChI is InChI=1S/C24H33NO/c1-16-14-18(3)22(15-17(16)2)19(4)25-23(26)13-10-20-8-11-21(12-9-20)24(5,6)7/h8-9,11-12,14-15,19H,10,13H2,1-7H3,(H,25,26)/t19-/m1/s1. The highest BCUT2D eigenvalue weighted by atomic mass is 16.1. The van der Waals surface area contributed by atoms with E-state index in [9.17, 15) is 4.79 Å². The van der Waals surface area contributed by atoms with E-state index in [1.165, 1.54) is 33.4 Å². The lowest BCUT2D eigenvalue weighted by atomic mass is 9.86. The van der Waals surface area contributed by atoms with Crippen LogP contribution in [0.3, 0.4) is 0 Å². The van der Waals surface area contributed by atoms with Crippen LogP contribution in [0.2, 0.25) is 0 Å². The molecule has 26 heavy (non-hydrogen) atoms. The zero-order valence-corrected chi connectivity index (χ0v) is 17.4. The van der Waals surface area contributed by atoms with Gasteiger partial charge < -0.3 is 5.32 Å². The molecule has 2 rings (SSSR count). The zero-order chi connectivity index (χ0) is 19.5. The maximum atomic E-state index is 12.4. The number of amides is 1. The van der Waals surface area contributed by atoms with Crippen LogP contribution in [0, 0.1) is 20.8 Å². The van der Waals surface area contributed by atoms with E-state index in [1.807, 2.05) is 0 Å². The van der Waals surface area contributed by atoms with Gasteiger partial charge in [0.15, 0.2) is 0 Å². The average Bonchev–Trinajstić information content (AvgIpc) is 2.55. The largest absolute Gasteiger partial charge is 0.350 e. The van der Waals surface area contributed by atoms with Crippen LogP contribution in [-0.2, 0) is 16.6 Å². The lowest BCUT2D eigenvalue weighted by molar-refractivity contribution is -0.121. The van der Waals surface area contributed by atoms with Crippen LogP contribution in [0.1, 0.15) is 73.5 Å². The topological polar surface area (TPSA) is 29.1 Å². The van der Waals surface area contributed by atoms with Gasteiger partial charge >= 0.3 is 0 Å². The van der Waals surface area contributed by atoms with Gasteiger partial charge in [0.2, 0.25) is 5.91 Å². The minimum Gasteiger partial charge on any atom is -0.350 e. The highest BCUT2D eigenvalue weighted by Gasteiger charge is 2.14. The third-order valence-corrected chi connectivity index (χ3v) is 5.19. The summed E-state index contributed by atoms with van der Waals surface area (Å²) in [4.78, 5) is 12.4. The fourth-order valence-corrected chi connectivity index (χ4v) is 3.27. The van der Waals surface area contributed by atoms with E-state index in [4.69, 9.17) is 0 Å². The van der Waals surface area contributed by atoms with Crippen molar-refractivity contribution in [2.75, 3.05) is 0 Å². The van der Waals surface area contributed by atoms with E-state index in [2.05, 4.69) is 90.2 Å². The molecule has 140 valence electrons. The molecule has 0 unspecified atom stereocenters. The monoisotopic (exact) mass is 351 g/mol. The van der Waals surface area contributed by atoms with Crippen LogP contribution in [0.25, 0.3) is 0 Å². The fourth-order valence-electron chi connectivity index (χ4n) is 3.27. The number of rotatable bonds is 5. The Bertz CT molecular complexity index is 766. The number of hydrogen-bond donors (Lipinski definition) is 1. The molecule has 0 aliphatic rings. The Hall–Kier alpha value is -2.09. The third kappa shape index (κ3) is 5.20. The van der Waals surface area contributed by atoms with Crippen molar-refractivity contribution in [2.24, 2.45) is 0 Å². The van der Waals surface area contributed by atoms with Crippen LogP contribution in [0.4, 0.5) is 0 Å². The predicted octanol–water partition coefficient (Wildman–Crippen LogP) is 5.72. The van der Waals surface area contributed by atoms with Gasteiger partial charge in [0.25, 0.3) is 0 Å². The molecular weight excluding hydrogens is 318 g/mol. The molecule has 2 heteroatoms. The first-order valence-electron chi connectivity index (χ1n) is 9.54. The first kappa shape index (κ1) is 20.2. The summed E-state index contributed by atoms with van der Waals surface area (Å²) in [5.41, 5.74) is 7.70. The van der Waals surface area contributed by atoms with E-state index in [0.717, 1.165) is 6.42 Å². The van der Waals surface area contributed by atoms with Gasteiger partial charge in [0, 0.05) is 6.42 Å². The van der Waals surface area contributed by atoms with E-state index < -0.39 is 0 Å². The van der Waals surface area contributed by atoms with Gasteiger partial charge in [-0.3, -0.25) is 4.79 Å². The summed E-state index contributed by atoms with van der Waals surface area (Å²) in [6.07, 6.45) is 1.29. The number of hydrogen-bond acceptors (Lipinski definition) is 1. The van der Waals surface area contributed by atoms with Gasteiger partial charge in [-0.15, -0.1) is 0 Å². The summed E-state index contributed by atoms with van der Waals surface area (Å²) in [5.74, 6) is 0.107. The van der Waals surface area contributed by atoms with Gasteiger partial charge in [-0.25, -0.2) is 0 Å². The molecule has 0 aromatic heterocycles. The molecule has 0 radical (unpaired) electrons. The van der Waals surface area contributed by atoms with Gasteiger partial charge in [-0.2, -0.15) is 0 Å². The van der Waals surface area contributed by atoms with Crippen molar-refractivity contribution in [1.82, 2.24) is 5.32 Å². The molecule has 0 aliphatic carbocycles. The Labute approximate surface area is 159 Å². The molecule has 0 spiro atoms. The normalized spacial score (nSPS) is 12.7. The minimum absolute atomic E-state index is 0.0325. The summed E-state index contributed by atoms with van der Waals surface area (Å²) in [6.45, 7) is 15.1. The first-order chi connectivity index (χ1) is 12.1. The quantitative estimate of drug-likeness (QED) is 0.733. The van der Waals surface area contributed by atoms with Gasteiger partial charge in [-0.1, -0.05) is 57.2 Å². The van der Waals surface area contributed by atoms with Crippen LogP contribution in [0.15, 0.2) is 36.4 Å². The molecule has 1 amide bonds. The highest BCUT2D eigenvalue weighted by molar-refractivity contribution is 5.76. The van der Waals surface area contributed by atoms with Crippen molar-refractivity contribution in [2.45, 2.75) is 72.8 Å². The molecule has 2 aromatic carbocycles. The van der Waals surface area contributed by atoms with Gasteiger partial charge in [0.05, 0.1) is 6.04 Å². The third-order valence-electron chi connectivity index (χ3n) is 5.19. The molecule has 0 saturated carbocycles. The summed E-state index contributed by atoms with van der Waals surface area (Å²) in [7, 11) is 0. The molecule has 0 fully saturated rings. The lowest BCUT2D eigenvalue weighted by Gasteiger charge is -2.19. The smallest absolute Gasteiger partial charge is 0.220 e. The molecule has 1 N–H and O–H groups in total. The maximum Gasteiger partial charge on any atom is 0.220 e. The second-order valence-corrected chi connectivity index (χ2v) is 8.53. The van der Waals surface area contributed by atoms with Crippen LogP contribution in [-0.4, -0.2) is 5.91 Å². The van der Waals surface area contributed by atoms with Crippen molar-refractivity contribution in [3.05, 3.63) is 69.8 Å². The van der Waals surface area contributed by atoms with Crippen LogP contribution < -0.4 is 5.32 Å². The zero-order valence-electron chi connectivity index (χ0n) is 17.4. The number of nitrogens with one attached hydrogen (secondary N) is 1. The maximum absolute atomic E-state index is 12.4. The molecule has 1 atom stereocenters. The van der Waals surface area contributed by atoms with Crippen molar-refractivity contribution >= 4 is 5.91 Å². The molecule has 2 aromatic rings. The fraction of sp³-hybridized carbons (Fsp3) is 0.458. The second-order valence-electron chi connectivity index (χ2n) is 8.53. The minimum atomic E-state index is 0.0325. The molecular formula is C24H33NO. The van der Waals surface area contributed by atoms with Crippen molar-refractivity contribution in [1.29, 1.82) is 0 Å². The van der Waals surface area contributed by atoms with E-state index >= 15 is 0 Å². The molecule has 2 nitrogen and oxygen atoms in total. The Morgan fingerprint density at radius 3 is 2.12 bits per heavy atom. The number of aryl methyl sites for hydroxylation is 4. The molecule has 0 saturated heterocycles. The van der Waals surface area contributed by atoms with Crippen LogP contribution in [0.5, 0.6) is 0 Å². The van der Waals surface area contributed by atoms with Crippen molar-refractivity contribution in [3.63, 3.8) is 0 Å². The Kier molecular flexibility index (Phi) is 6.28. The summed E-state index contributed by atoms with van der Waals surface area (Å²) in [5, 5.41) is 3.15. The summed E-state index contributed by atoms with van der Waals surface area (Å²) in [6, 6.07) is 13.1. The van der Waals surface area contributed by atoms with Gasteiger partial charge in [0.1, 0.15) is 0 Å². The Morgan fingerprint density at radius 2 is 1.54 bits per heavy atom. The predicted molar refractivity (Wildman–Crippen MR) is 111 cm³/mol. The van der Waals surface area contributed by atoms with E-state index in [0.29, 0.717) is 6.42 Å². The highest BCUT2D eigenvalue weighted by Crippen LogP contribution is 2.23.